The minimum atomic E-state index is -2.52. The maximum atomic E-state index is 13.3. The molecule has 1 aliphatic rings. The lowest BCUT2D eigenvalue weighted by molar-refractivity contribution is -0.0678. The zero-order valence-corrected chi connectivity index (χ0v) is 11.8. The average Bonchev–Trinajstić information content (AvgIpc) is 2.13. The third kappa shape index (κ3) is 6.10. The van der Waals surface area contributed by atoms with Gasteiger partial charge in [-0.2, -0.15) is 0 Å². The van der Waals surface area contributed by atoms with Crippen LogP contribution < -0.4 is 5.32 Å². The van der Waals surface area contributed by atoms with E-state index in [-0.39, 0.29) is 18.8 Å². The zero-order valence-electron chi connectivity index (χ0n) is 11.8. The Morgan fingerprint density at radius 2 is 2.11 bits per heavy atom. The Morgan fingerprint density at radius 3 is 2.67 bits per heavy atom. The van der Waals surface area contributed by atoms with E-state index in [4.69, 9.17) is 0 Å². The van der Waals surface area contributed by atoms with Crippen molar-refractivity contribution in [3.8, 4) is 0 Å². The highest BCUT2D eigenvalue weighted by atomic mass is 19.3. The second-order valence-electron chi connectivity index (χ2n) is 6.54. The highest BCUT2D eigenvalue weighted by molar-refractivity contribution is 4.85. The first kappa shape index (κ1) is 15.8. The SMILES string of the molecule is CC(C)CNCC(C)(O)CC1CCCC(F)(F)C1. The highest BCUT2D eigenvalue weighted by Crippen LogP contribution is 2.39. The minimum Gasteiger partial charge on any atom is -0.389 e. The van der Waals surface area contributed by atoms with Crippen LogP contribution in [-0.2, 0) is 0 Å². The van der Waals surface area contributed by atoms with Crippen LogP contribution in [0.4, 0.5) is 8.78 Å². The fourth-order valence-corrected chi connectivity index (χ4v) is 2.77. The van der Waals surface area contributed by atoms with Crippen LogP contribution >= 0.6 is 0 Å². The predicted octanol–water partition coefficient (Wildman–Crippen LogP) is 3.20. The molecule has 2 N–H and O–H groups in total. The van der Waals surface area contributed by atoms with E-state index in [1.54, 1.807) is 6.92 Å². The highest BCUT2D eigenvalue weighted by Gasteiger charge is 2.38. The van der Waals surface area contributed by atoms with Crippen molar-refractivity contribution in [2.75, 3.05) is 13.1 Å². The summed E-state index contributed by atoms with van der Waals surface area (Å²) < 4.78 is 26.6. The van der Waals surface area contributed by atoms with Crippen LogP contribution in [0.25, 0.3) is 0 Å². The molecule has 0 aromatic rings. The van der Waals surface area contributed by atoms with Gasteiger partial charge in [-0.25, -0.2) is 8.78 Å². The molecule has 0 aromatic heterocycles. The van der Waals surface area contributed by atoms with Gasteiger partial charge in [0.1, 0.15) is 0 Å². The van der Waals surface area contributed by atoms with Gasteiger partial charge in [0, 0.05) is 19.4 Å². The summed E-state index contributed by atoms with van der Waals surface area (Å²) in [5, 5.41) is 13.4. The maximum Gasteiger partial charge on any atom is 0.248 e. The molecule has 1 fully saturated rings. The summed E-state index contributed by atoms with van der Waals surface area (Å²) in [5.41, 5.74) is -0.882. The monoisotopic (exact) mass is 263 g/mol. The van der Waals surface area contributed by atoms with Gasteiger partial charge >= 0.3 is 0 Å². The number of rotatable bonds is 6. The molecule has 1 saturated carbocycles. The van der Waals surface area contributed by atoms with Crippen molar-refractivity contribution in [2.45, 2.75) is 64.4 Å². The number of hydrogen-bond acceptors (Lipinski definition) is 2. The van der Waals surface area contributed by atoms with E-state index < -0.39 is 11.5 Å². The standard InChI is InChI=1S/C14H27F2NO/c1-11(2)9-17-10-13(3,18)7-12-5-4-6-14(15,16)8-12/h11-12,17-18H,4-10H2,1-3H3. The topological polar surface area (TPSA) is 32.3 Å². The van der Waals surface area contributed by atoms with E-state index in [1.807, 2.05) is 0 Å². The van der Waals surface area contributed by atoms with Gasteiger partial charge in [0.15, 0.2) is 0 Å². The molecule has 0 spiro atoms. The van der Waals surface area contributed by atoms with E-state index in [9.17, 15) is 13.9 Å². The first-order valence-corrected chi connectivity index (χ1v) is 7.01. The number of alkyl halides is 2. The lowest BCUT2D eigenvalue weighted by atomic mass is 9.80. The molecule has 0 heterocycles. The van der Waals surface area contributed by atoms with E-state index in [2.05, 4.69) is 19.2 Å². The summed E-state index contributed by atoms with van der Waals surface area (Å²) in [6.07, 6.45) is 1.81. The fraction of sp³-hybridized carbons (Fsp3) is 1.00. The summed E-state index contributed by atoms with van der Waals surface area (Å²) in [6, 6.07) is 0. The molecule has 0 radical (unpaired) electrons. The predicted molar refractivity (Wildman–Crippen MR) is 69.9 cm³/mol. The van der Waals surface area contributed by atoms with Crippen molar-refractivity contribution in [2.24, 2.45) is 11.8 Å². The molecule has 4 heteroatoms. The normalized spacial score (nSPS) is 27.2. The molecule has 108 valence electrons. The molecular formula is C14H27F2NO. The molecule has 0 amide bonds. The lowest BCUT2D eigenvalue weighted by Crippen LogP contribution is -2.42. The van der Waals surface area contributed by atoms with Gasteiger partial charge in [-0.05, 0) is 44.6 Å². The van der Waals surface area contributed by atoms with E-state index in [0.29, 0.717) is 25.3 Å². The van der Waals surface area contributed by atoms with E-state index in [1.165, 1.54) is 0 Å². The molecule has 0 bridgehead atoms. The molecule has 2 nitrogen and oxygen atoms in total. The number of halogens is 2. The Kier molecular flexibility index (Phi) is 5.53. The van der Waals surface area contributed by atoms with Crippen molar-refractivity contribution in [1.82, 2.24) is 5.32 Å². The van der Waals surface area contributed by atoms with Crippen molar-refractivity contribution >= 4 is 0 Å². The van der Waals surface area contributed by atoms with Gasteiger partial charge in [0.05, 0.1) is 5.60 Å². The minimum absolute atomic E-state index is 0.0112. The fourth-order valence-electron chi connectivity index (χ4n) is 2.77. The molecule has 18 heavy (non-hydrogen) atoms. The largest absolute Gasteiger partial charge is 0.389 e. The van der Waals surface area contributed by atoms with Crippen molar-refractivity contribution in [1.29, 1.82) is 0 Å². The van der Waals surface area contributed by atoms with Crippen molar-refractivity contribution in [3.63, 3.8) is 0 Å². The maximum absolute atomic E-state index is 13.3. The molecule has 0 aromatic carbocycles. The third-order valence-electron chi connectivity index (χ3n) is 3.53. The Bertz CT molecular complexity index is 254. The average molecular weight is 263 g/mol. The smallest absolute Gasteiger partial charge is 0.248 e. The van der Waals surface area contributed by atoms with Crippen molar-refractivity contribution < 1.29 is 13.9 Å². The van der Waals surface area contributed by atoms with Gasteiger partial charge in [-0.3, -0.25) is 0 Å². The Labute approximate surface area is 109 Å². The van der Waals surface area contributed by atoms with Crippen LogP contribution in [-0.4, -0.2) is 29.7 Å². The Morgan fingerprint density at radius 1 is 1.44 bits per heavy atom. The Hall–Kier alpha value is -0.220. The van der Waals surface area contributed by atoms with Gasteiger partial charge in [-0.1, -0.05) is 13.8 Å². The van der Waals surface area contributed by atoms with Crippen LogP contribution in [0, 0.1) is 11.8 Å². The van der Waals surface area contributed by atoms with E-state index >= 15 is 0 Å². The van der Waals surface area contributed by atoms with Gasteiger partial charge < -0.3 is 10.4 Å². The van der Waals surface area contributed by atoms with Gasteiger partial charge in [0.2, 0.25) is 5.92 Å². The second kappa shape index (κ2) is 6.29. The van der Waals surface area contributed by atoms with Gasteiger partial charge in [-0.15, -0.1) is 0 Å². The van der Waals surface area contributed by atoms with Crippen LogP contribution in [0.2, 0.25) is 0 Å². The molecule has 2 atom stereocenters. The third-order valence-corrected chi connectivity index (χ3v) is 3.53. The summed E-state index contributed by atoms with van der Waals surface area (Å²) >= 11 is 0. The number of hydrogen-bond donors (Lipinski definition) is 2. The molecule has 0 aliphatic heterocycles. The van der Waals surface area contributed by atoms with E-state index in [0.717, 1.165) is 13.0 Å². The lowest BCUT2D eigenvalue weighted by Gasteiger charge is -2.34. The number of nitrogens with one attached hydrogen (secondary N) is 1. The molecule has 1 rings (SSSR count). The summed E-state index contributed by atoms with van der Waals surface area (Å²) in [7, 11) is 0. The number of aliphatic hydroxyl groups is 1. The molecule has 0 saturated heterocycles. The Balaban J connectivity index is 2.35. The zero-order chi connectivity index (χ0) is 13.8. The summed E-state index contributed by atoms with van der Waals surface area (Å²) in [6.45, 7) is 7.27. The molecule has 1 aliphatic carbocycles. The summed E-state index contributed by atoms with van der Waals surface area (Å²) in [5.74, 6) is -2.05. The second-order valence-corrected chi connectivity index (χ2v) is 6.54. The summed E-state index contributed by atoms with van der Waals surface area (Å²) in [4.78, 5) is 0. The first-order valence-electron chi connectivity index (χ1n) is 7.01. The van der Waals surface area contributed by atoms with Crippen LogP contribution in [0.15, 0.2) is 0 Å². The quantitative estimate of drug-likeness (QED) is 0.771. The van der Waals surface area contributed by atoms with Crippen LogP contribution in [0.5, 0.6) is 0 Å². The van der Waals surface area contributed by atoms with Gasteiger partial charge in [0.25, 0.3) is 0 Å². The molecular weight excluding hydrogens is 236 g/mol. The van der Waals surface area contributed by atoms with Crippen LogP contribution in [0.1, 0.15) is 52.9 Å². The van der Waals surface area contributed by atoms with Crippen LogP contribution in [0.3, 0.4) is 0 Å². The molecule has 2 unspecified atom stereocenters. The first-order chi connectivity index (χ1) is 8.20. The van der Waals surface area contributed by atoms with Crippen molar-refractivity contribution in [3.05, 3.63) is 0 Å².